The molecule has 0 aliphatic carbocycles. The molecule has 1 aromatic heterocycles. The molecule has 0 radical (unpaired) electrons. The average Bonchev–Trinajstić information content (AvgIpc) is 2.67. The maximum atomic E-state index is 5.81. The van der Waals surface area contributed by atoms with Gasteiger partial charge in [0.2, 0.25) is 0 Å². The average molecular weight is 315 g/mol. The molecule has 2 rings (SSSR count). The lowest BCUT2D eigenvalue weighted by atomic mass is 10.2. The van der Waals surface area contributed by atoms with Gasteiger partial charge in [-0.15, -0.1) is 0 Å². The number of aromatic nitrogens is 2. The molecule has 90 valence electrons. The minimum Gasteiger partial charge on any atom is -0.283 e. The van der Waals surface area contributed by atoms with E-state index in [1.807, 2.05) is 23.0 Å². The van der Waals surface area contributed by atoms with E-state index in [4.69, 9.17) is 11.6 Å². The summed E-state index contributed by atoms with van der Waals surface area (Å²) in [5.74, 6) is 0. The van der Waals surface area contributed by atoms with Crippen molar-refractivity contribution in [3.05, 3.63) is 51.7 Å². The van der Waals surface area contributed by atoms with E-state index >= 15 is 0 Å². The molecule has 5 heteroatoms. The van der Waals surface area contributed by atoms with Crippen molar-refractivity contribution >= 4 is 27.5 Å². The summed E-state index contributed by atoms with van der Waals surface area (Å²) in [7, 11) is 2.05. The fourth-order valence-electron chi connectivity index (χ4n) is 1.61. The summed E-state index contributed by atoms with van der Waals surface area (Å²) < 4.78 is 2.92. The van der Waals surface area contributed by atoms with Gasteiger partial charge in [0.05, 0.1) is 17.9 Å². The second-order valence-electron chi connectivity index (χ2n) is 3.98. The van der Waals surface area contributed by atoms with Gasteiger partial charge in [0.25, 0.3) is 0 Å². The molecule has 0 spiro atoms. The van der Waals surface area contributed by atoms with Gasteiger partial charge in [0.15, 0.2) is 0 Å². The standard InChI is InChI=1S/C12H13BrClN3/c1-16(9-17-8-12(14)6-15-17)7-10-2-4-11(13)5-3-10/h2-6,8H,7,9H2,1H3. The normalized spacial score (nSPS) is 11.1. The minimum absolute atomic E-state index is 0.669. The number of benzene rings is 1. The van der Waals surface area contributed by atoms with Crippen LogP contribution in [0.25, 0.3) is 0 Å². The Morgan fingerprint density at radius 3 is 2.65 bits per heavy atom. The van der Waals surface area contributed by atoms with Crippen molar-refractivity contribution in [1.82, 2.24) is 14.7 Å². The topological polar surface area (TPSA) is 21.1 Å². The zero-order chi connectivity index (χ0) is 12.3. The molecule has 0 fully saturated rings. The van der Waals surface area contributed by atoms with E-state index in [9.17, 15) is 0 Å². The van der Waals surface area contributed by atoms with Gasteiger partial charge in [-0.3, -0.25) is 9.58 Å². The molecule has 2 aromatic rings. The van der Waals surface area contributed by atoms with Crippen LogP contribution in [0.5, 0.6) is 0 Å². The first-order valence-corrected chi connectivity index (χ1v) is 6.41. The van der Waals surface area contributed by atoms with Crippen LogP contribution in [-0.2, 0) is 13.2 Å². The van der Waals surface area contributed by atoms with Crippen molar-refractivity contribution in [2.75, 3.05) is 7.05 Å². The number of hydrogen-bond acceptors (Lipinski definition) is 2. The predicted octanol–water partition coefficient (Wildman–Crippen LogP) is 3.39. The fraction of sp³-hybridized carbons (Fsp3) is 0.250. The molecular weight excluding hydrogens is 302 g/mol. The molecule has 0 unspecified atom stereocenters. The maximum Gasteiger partial charge on any atom is 0.0929 e. The van der Waals surface area contributed by atoms with Crippen LogP contribution in [0.4, 0.5) is 0 Å². The van der Waals surface area contributed by atoms with Crippen LogP contribution >= 0.6 is 27.5 Å². The first-order valence-electron chi connectivity index (χ1n) is 5.24. The van der Waals surface area contributed by atoms with Crippen LogP contribution in [0.3, 0.4) is 0 Å². The third kappa shape index (κ3) is 3.84. The van der Waals surface area contributed by atoms with E-state index in [0.717, 1.165) is 17.7 Å². The molecule has 3 nitrogen and oxygen atoms in total. The van der Waals surface area contributed by atoms with Crippen molar-refractivity contribution < 1.29 is 0 Å². The summed E-state index contributed by atoms with van der Waals surface area (Å²) in [5.41, 5.74) is 1.27. The summed E-state index contributed by atoms with van der Waals surface area (Å²) in [6, 6.07) is 8.31. The Labute approximate surface area is 114 Å². The number of nitrogens with zero attached hydrogens (tertiary/aromatic N) is 3. The van der Waals surface area contributed by atoms with Crippen molar-refractivity contribution in [2.24, 2.45) is 0 Å². The Kier molecular flexibility index (Phi) is 4.20. The van der Waals surface area contributed by atoms with Crippen LogP contribution in [0.15, 0.2) is 41.1 Å². The quantitative estimate of drug-likeness (QED) is 0.862. The largest absolute Gasteiger partial charge is 0.283 e. The van der Waals surface area contributed by atoms with Crippen LogP contribution in [-0.4, -0.2) is 21.7 Å². The summed E-state index contributed by atoms with van der Waals surface area (Å²) >= 11 is 9.24. The van der Waals surface area contributed by atoms with Crippen molar-refractivity contribution in [3.63, 3.8) is 0 Å². The molecule has 0 saturated carbocycles. The highest BCUT2D eigenvalue weighted by Gasteiger charge is 2.02. The van der Waals surface area contributed by atoms with Gasteiger partial charge < -0.3 is 0 Å². The molecule has 0 saturated heterocycles. The lowest BCUT2D eigenvalue weighted by molar-refractivity contribution is 0.246. The third-order valence-corrected chi connectivity index (χ3v) is 3.08. The monoisotopic (exact) mass is 313 g/mol. The van der Waals surface area contributed by atoms with Crippen LogP contribution in [0, 0.1) is 0 Å². The molecule has 17 heavy (non-hydrogen) atoms. The van der Waals surface area contributed by atoms with E-state index in [1.165, 1.54) is 5.56 Å². The van der Waals surface area contributed by atoms with Crippen LogP contribution < -0.4 is 0 Å². The van der Waals surface area contributed by atoms with E-state index < -0.39 is 0 Å². The number of rotatable bonds is 4. The van der Waals surface area contributed by atoms with E-state index in [-0.39, 0.29) is 0 Å². The summed E-state index contributed by atoms with van der Waals surface area (Å²) in [6.07, 6.45) is 3.47. The Morgan fingerprint density at radius 1 is 1.35 bits per heavy atom. The van der Waals surface area contributed by atoms with Crippen molar-refractivity contribution in [3.8, 4) is 0 Å². The third-order valence-electron chi connectivity index (χ3n) is 2.35. The molecular formula is C12H13BrClN3. The zero-order valence-corrected chi connectivity index (χ0v) is 11.8. The number of hydrogen-bond donors (Lipinski definition) is 0. The minimum atomic E-state index is 0.669. The fourth-order valence-corrected chi connectivity index (χ4v) is 2.04. The highest BCUT2D eigenvalue weighted by Crippen LogP contribution is 2.12. The van der Waals surface area contributed by atoms with Crippen molar-refractivity contribution in [1.29, 1.82) is 0 Å². The Balaban J connectivity index is 1.93. The lowest BCUT2D eigenvalue weighted by Gasteiger charge is -2.16. The number of halogens is 2. The highest BCUT2D eigenvalue weighted by molar-refractivity contribution is 9.10. The molecule has 0 atom stereocenters. The van der Waals surface area contributed by atoms with Gasteiger partial charge in [-0.05, 0) is 24.7 Å². The SMILES string of the molecule is CN(Cc1ccc(Br)cc1)Cn1cc(Cl)cn1. The second-order valence-corrected chi connectivity index (χ2v) is 5.33. The van der Waals surface area contributed by atoms with Gasteiger partial charge in [-0.2, -0.15) is 5.10 Å². The Morgan fingerprint density at radius 2 is 2.06 bits per heavy atom. The lowest BCUT2D eigenvalue weighted by Crippen LogP contribution is -2.21. The molecule has 0 N–H and O–H groups in total. The smallest absolute Gasteiger partial charge is 0.0929 e. The zero-order valence-electron chi connectivity index (χ0n) is 9.48. The second kappa shape index (κ2) is 5.67. The predicted molar refractivity (Wildman–Crippen MR) is 72.8 cm³/mol. The Hall–Kier alpha value is -0.840. The first kappa shape index (κ1) is 12.6. The maximum absolute atomic E-state index is 5.81. The van der Waals surface area contributed by atoms with Gasteiger partial charge in [-0.1, -0.05) is 39.7 Å². The summed E-state index contributed by atoms with van der Waals surface area (Å²) in [6.45, 7) is 1.60. The Bertz CT molecular complexity index is 481. The van der Waals surface area contributed by atoms with Crippen LogP contribution in [0.2, 0.25) is 5.02 Å². The van der Waals surface area contributed by atoms with E-state index in [2.05, 4.69) is 45.1 Å². The molecule has 1 heterocycles. The highest BCUT2D eigenvalue weighted by atomic mass is 79.9. The first-order chi connectivity index (χ1) is 8.13. The van der Waals surface area contributed by atoms with Gasteiger partial charge >= 0.3 is 0 Å². The van der Waals surface area contributed by atoms with Crippen molar-refractivity contribution in [2.45, 2.75) is 13.2 Å². The summed E-state index contributed by atoms with van der Waals surface area (Å²) in [4.78, 5) is 2.17. The van der Waals surface area contributed by atoms with E-state index in [0.29, 0.717) is 5.02 Å². The molecule has 0 aliphatic heterocycles. The van der Waals surface area contributed by atoms with Crippen LogP contribution in [0.1, 0.15) is 5.56 Å². The van der Waals surface area contributed by atoms with Gasteiger partial charge in [-0.25, -0.2) is 0 Å². The molecule has 0 bridgehead atoms. The summed E-state index contributed by atoms with van der Waals surface area (Å²) in [5, 5.41) is 4.82. The van der Waals surface area contributed by atoms with E-state index in [1.54, 1.807) is 6.20 Å². The van der Waals surface area contributed by atoms with Gasteiger partial charge in [0, 0.05) is 17.2 Å². The molecule has 0 aliphatic rings. The molecule has 1 aromatic carbocycles. The molecule has 0 amide bonds. The van der Waals surface area contributed by atoms with Gasteiger partial charge in [0.1, 0.15) is 0 Å².